The third-order valence-electron chi connectivity index (χ3n) is 5.28. The number of fused-ring (bicyclic) bond motifs is 1. The van der Waals surface area contributed by atoms with Crippen molar-refractivity contribution in [3.8, 4) is 5.75 Å². The third kappa shape index (κ3) is 4.81. The van der Waals surface area contributed by atoms with Crippen molar-refractivity contribution >= 4 is 23.2 Å². The van der Waals surface area contributed by atoms with Gasteiger partial charge in [-0.15, -0.1) is 12.4 Å². The number of halogens is 1. The number of hydrogen-bond donors (Lipinski definition) is 1. The molecule has 1 saturated heterocycles. The molecule has 1 heterocycles. The molecule has 0 bridgehead atoms. The van der Waals surface area contributed by atoms with Crippen LogP contribution in [0.25, 0.3) is 10.8 Å². The number of benzene rings is 3. The van der Waals surface area contributed by atoms with Crippen molar-refractivity contribution in [2.75, 3.05) is 19.7 Å². The molecule has 0 spiro atoms. The van der Waals surface area contributed by atoms with Gasteiger partial charge >= 0.3 is 0 Å². The van der Waals surface area contributed by atoms with Crippen molar-refractivity contribution in [2.45, 2.75) is 25.0 Å². The first kappa shape index (κ1) is 19.7. The molecule has 3 nitrogen and oxygen atoms in total. The van der Waals surface area contributed by atoms with Crippen LogP contribution >= 0.6 is 12.4 Å². The van der Waals surface area contributed by atoms with E-state index >= 15 is 0 Å². The number of rotatable bonds is 5. The molecule has 1 aliphatic rings. The molecule has 0 amide bonds. The van der Waals surface area contributed by atoms with Crippen LogP contribution < -0.4 is 4.74 Å². The lowest BCUT2D eigenvalue weighted by Gasteiger charge is -2.38. The maximum Gasteiger partial charge on any atom is 0.127 e. The first-order valence-corrected chi connectivity index (χ1v) is 9.31. The van der Waals surface area contributed by atoms with Gasteiger partial charge in [0.05, 0.1) is 0 Å². The van der Waals surface area contributed by atoms with Gasteiger partial charge in [0.2, 0.25) is 0 Å². The highest BCUT2D eigenvalue weighted by Gasteiger charge is 2.33. The van der Waals surface area contributed by atoms with Crippen LogP contribution in [-0.4, -0.2) is 35.3 Å². The lowest BCUT2D eigenvalue weighted by molar-refractivity contribution is -0.0534. The summed E-state index contributed by atoms with van der Waals surface area (Å²) in [5.74, 6) is 0.850. The molecule has 1 aliphatic heterocycles. The number of piperidine rings is 1. The molecule has 27 heavy (non-hydrogen) atoms. The zero-order valence-corrected chi connectivity index (χ0v) is 16.2. The lowest BCUT2D eigenvalue weighted by Crippen LogP contribution is -2.47. The first-order valence-electron chi connectivity index (χ1n) is 9.31. The van der Waals surface area contributed by atoms with Gasteiger partial charge in [-0.1, -0.05) is 66.7 Å². The van der Waals surface area contributed by atoms with Crippen LogP contribution in [0, 0.1) is 0 Å². The van der Waals surface area contributed by atoms with Gasteiger partial charge in [-0.3, -0.25) is 4.90 Å². The van der Waals surface area contributed by atoms with E-state index < -0.39 is 5.60 Å². The maximum absolute atomic E-state index is 10.9. The van der Waals surface area contributed by atoms with Crippen LogP contribution in [0.15, 0.2) is 72.8 Å². The third-order valence-corrected chi connectivity index (χ3v) is 5.28. The van der Waals surface area contributed by atoms with E-state index in [1.165, 1.54) is 5.56 Å². The molecule has 4 rings (SSSR count). The summed E-state index contributed by atoms with van der Waals surface area (Å²) in [5, 5.41) is 13.2. The van der Waals surface area contributed by atoms with Gasteiger partial charge in [-0.25, -0.2) is 0 Å². The summed E-state index contributed by atoms with van der Waals surface area (Å²) < 4.78 is 6.05. The molecule has 0 unspecified atom stereocenters. The van der Waals surface area contributed by atoms with Crippen molar-refractivity contribution in [1.82, 2.24) is 4.90 Å². The van der Waals surface area contributed by atoms with Crippen molar-refractivity contribution in [3.05, 3.63) is 78.4 Å². The van der Waals surface area contributed by atoms with Crippen LogP contribution in [0.4, 0.5) is 0 Å². The maximum atomic E-state index is 10.9. The molecule has 0 atom stereocenters. The van der Waals surface area contributed by atoms with Gasteiger partial charge in [0.15, 0.2) is 0 Å². The van der Waals surface area contributed by atoms with E-state index in [0.717, 1.165) is 49.0 Å². The number of hydrogen-bond acceptors (Lipinski definition) is 3. The van der Waals surface area contributed by atoms with E-state index in [2.05, 4.69) is 47.4 Å². The summed E-state index contributed by atoms with van der Waals surface area (Å²) in [5.41, 5.74) is 0.578. The van der Waals surface area contributed by atoms with Gasteiger partial charge in [0.1, 0.15) is 18.0 Å². The summed E-state index contributed by atoms with van der Waals surface area (Å²) in [6, 6.07) is 24.8. The molecule has 1 N–H and O–H groups in total. The minimum atomic E-state index is -0.746. The fraction of sp³-hybridized carbons (Fsp3) is 0.304. The predicted molar refractivity (Wildman–Crippen MR) is 113 cm³/mol. The Morgan fingerprint density at radius 2 is 1.52 bits per heavy atom. The van der Waals surface area contributed by atoms with E-state index in [9.17, 15) is 5.11 Å². The standard InChI is InChI=1S/C23H25NO2.ClH/c25-23(13-15-24(16-14-23)17-19-7-2-1-3-8-19)18-26-22-12-6-10-20-9-4-5-11-21(20)22;/h1-12,25H,13-18H2;1H. The fourth-order valence-corrected chi connectivity index (χ4v) is 3.65. The van der Waals surface area contributed by atoms with Gasteiger partial charge in [0, 0.05) is 25.0 Å². The van der Waals surface area contributed by atoms with E-state index in [-0.39, 0.29) is 12.4 Å². The van der Waals surface area contributed by atoms with E-state index in [4.69, 9.17) is 4.74 Å². The van der Waals surface area contributed by atoms with Crippen LogP contribution in [0.3, 0.4) is 0 Å². The van der Waals surface area contributed by atoms with Crippen molar-refractivity contribution in [2.24, 2.45) is 0 Å². The van der Waals surface area contributed by atoms with E-state index in [0.29, 0.717) is 6.61 Å². The minimum Gasteiger partial charge on any atom is -0.490 e. The van der Waals surface area contributed by atoms with Crippen LogP contribution in [0.1, 0.15) is 18.4 Å². The van der Waals surface area contributed by atoms with Crippen molar-refractivity contribution < 1.29 is 9.84 Å². The molecule has 3 aromatic rings. The minimum absolute atomic E-state index is 0. The summed E-state index contributed by atoms with van der Waals surface area (Å²) in [6.07, 6.45) is 1.48. The number of likely N-dealkylation sites (tertiary alicyclic amines) is 1. The number of aliphatic hydroxyl groups is 1. The monoisotopic (exact) mass is 383 g/mol. The Bertz CT molecular complexity index is 855. The second kappa shape index (κ2) is 8.75. The summed E-state index contributed by atoms with van der Waals surface area (Å²) in [7, 11) is 0. The highest BCUT2D eigenvalue weighted by Crippen LogP contribution is 2.28. The average molecular weight is 384 g/mol. The summed E-state index contributed by atoms with van der Waals surface area (Å²) in [4.78, 5) is 2.40. The zero-order valence-electron chi connectivity index (χ0n) is 15.4. The predicted octanol–water partition coefficient (Wildman–Crippen LogP) is 4.67. The van der Waals surface area contributed by atoms with Gasteiger partial charge in [-0.2, -0.15) is 0 Å². The Balaban J connectivity index is 0.00000210. The molecule has 3 aromatic carbocycles. The fourth-order valence-electron chi connectivity index (χ4n) is 3.65. The van der Waals surface area contributed by atoms with Crippen LogP contribution in [-0.2, 0) is 6.54 Å². The normalized spacial score (nSPS) is 16.6. The zero-order chi connectivity index (χ0) is 17.8. The lowest BCUT2D eigenvalue weighted by atomic mass is 9.92. The molecule has 0 aromatic heterocycles. The summed E-state index contributed by atoms with van der Waals surface area (Å²) in [6.45, 7) is 3.08. The summed E-state index contributed by atoms with van der Waals surface area (Å²) >= 11 is 0. The molecule has 142 valence electrons. The molecule has 1 fully saturated rings. The van der Waals surface area contributed by atoms with E-state index in [1.807, 2.05) is 30.3 Å². The second-order valence-corrected chi connectivity index (χ2v) is 7.25. The Kier molecular flexibility index (Phi) is 6.38. The second-order valence-electron chi connectivity index (χ2n) is 7.25. The van der Waals surface area contributed by atoms with E-state index in [1.54, 1.807) is 0 Å². The van der Waals surface area contributed by atoms with Gasteiger partial charge in [-0.05, 0) is 29.9 Å². The molecular weight excluding hydrogens is 358 g/mol. The highest BCUT2D eigenvalue weighted by atomic mass is 35.5. The number of ether oxygens (including phenoxy) is 1. The molecule has 0 radical (unpaired) electrons. The molecular formula is C23H26ClNO2. The Hall–Kier alpha value is -2.07. The highest BCUT2D eigenvalue weighted by molar-refractivity contribution is 5.88. The molecule has 0 aliphatic carbocycles. The largest absolute Gasteiger partial charge is 0.490 e. The Morgan fingerprint density at radius 1 is 0.852 bits per heavy atom. The molecule has 4 heteroatoms. The molecule has 0 saturated carbocycles. The topological polar surface area (TPSA) is 32.7 Å². The quantitative estimate of drug-likeness (QED) is 0.695. The van der Waals surface area contributed by atoms with Crippen molar-refractivity contribution in [1.29, 1.82) is 0 Å². The van der Waals surface area contributed by atoms with Gasteiger partial charge < -0.3 is 9.84 Å². The van der Waals surface area contributed by atoms with Crippen LogP contribution in [0.2, 0.25) is 0 Å². The SMILES string of the molecule is Cl.OC1(COc2cccc3ccccc23)CCN(Cc2ccccc2)CC1. The Morgan fingerprint density at radius 3 is 2.30 bits per heavy atom. The van der Waals surface area contributed by atoms with Gasteiger partial charge in [0.25, 0.3) is 0 Å². The first-order chi connectivity index (χ1) is 12.7. The van der Waals surface area contributed by atoms with Crippen LogP contribution in [0.5, 0.6) is 5.75 Å². The Labute approximate surface area is 167 Å². The average Bonchev–Trinajstić information content (AvgIpc) is 2.69. The number of nitrogens with zero attached hydrogens (tertiary/aromatic N) is 1. The smallest absolute Gasteiger partial charge is 0.127 e. The van der Waals surface area contributed by atoms with Crippen molar-refractivity contribution in [3.63, 3.8) is 0 Å².